The van der Waals surface area contributed by atoms with E-state index < -0.39 is 20.5 Å². The second kappa shape index (κ2) is 8.30. The van der Waals surface area contributed by atoms with E-state index in [1.54, 1.807) is 20.8 Å². The molecule has 0 radical (unpaired) electrons. The minimum absolute atomic E-state index is 0.160. The van der Waals surface area contributed by atoms with Crippen molar-refractivity contribution < 1.29 is 13.3 Å². The number of benzene rings is 2. The fraction of sp³-hybridized carbons (Fsp3) is 0.333. The van der Waals surface area contributed by atoms with Gasteiger partial charge in [0.1, 0.15) is 5.82 Å². The Labute approximate surface area is 190 Å². The Morgan fingerprint density at radius 2 is 1.81 bits per heavy atom. The average molecular weight is 474 g/mol. The Balaban J connectivity index is 1.74. The number of para-hydroxylation sites is 1. The summed E-state index contributed by atoms with van der Waals surface area (Å²) in [5, 5.41) is 20.9. The van der Waals surface area contributed by atoms with Crippen LogP contribution in [0.3, 0.4) is 0 Å². The van der Waals surface area contributed by atoms with Crippen LogP contribution in [0.5, 0.6) is 0 Å². The predicted octanol–water partition coefficient (Wildman–Crippen LogP) is 4.28. The molecule has 0 amide bonds. The smallest absolute Gasteiger partial charge is 0.274 e. The lowest BCUT2D eigenvalue weighted by Crippen LogP contribution is -2.40. The first-order valence-electron chi connectivity index (χ1n) is 10.1. The molecule has 0 atom stereocenters. The first-order valence-corrected chi connectivity index (χ1v) is 12.4. The van der Waals surface area contributed by atoms with Crippen molar-refractivity contribution in [1.29, 1.82) is 0 Å². The monoisotopic (exact) mass is 473 g/mol. The largest absolute Gasteiger partial charge is 0.284 e. The van der Waals surface area contributed by atoms with Crippen LogP contribution < -0.4 is 4.72 Å². The number of nitrogens with one attached hydrogen (secondary N) is 1. The molecule has 1 aliphatic carbocycles. The molecule has 4 rings (SSSR count). The highest BCUT2D eigenvalue weighted by molar-refractivity contribution is 7.99. The van der Waals surface area contributed by atoms with Gasteiger partial charge in [-0.05, 0) is 69.6 Å². The Kier molecular flexibility index (Phi) is 5.82. The molecular formula is C21H23N5O4S2. The van der Waals surface area contributed by atoms with E-state index in [2.05, 4.69) is 14.9 Å². The van der Waals surface area contributed by atoms with Crippen molar-refractivity contribution in [3.63, 3.8) is 0 Å². The van der Waals surface area contributed by atoms with Crippen LogP contribution in [0.4, 0.5) is 5.69 Å². The molecule has 11 heteroatoms. The third-order valence-electron chi connectivity index (χ3n) is 4.69. The molecule has 0 unspecified atom stereocenters. The number of hydrogen-bond donors (Lipinski definition) is 1. The molecule has 32 heavy (non-hydrogen) atoms. The molecule has 0 bridgehead atoms. The number of aromatic nitrogens is 3. The third kappa shape index (κ3) is 4.84. The highest BCUT2D eigenvalue weighted by atomic mass is 32.2. The maximum Gasteiger partial charge on any atom is 0.284 e. The summed E-state index contributed by atoms with van der Waals surface area (Å²) < 4.78 is 29.7. The third-order valence-corrected chi connectivity index (χ3v) is 7.46. The summed E-state index contributed by atoms with van der Waals surface area (Å²) in [6.45, 7) is 5.12. The summed E-state index contributed by atoms with van der Waals surface area (Å²) in [6, 6.07) is 13.5. The number of rotatable bonds is 7. The van der Waals surface area contributed by atoms with E-state index in [-0.39, 0.29) is 15.5 Å². The molecule has 0 spiro atoms. The normalized spacial score (nSPS) is 14.5. The second-order valence-corrected chi connectivity index (χ2v) is 11.3. The van der Waals surface area contributed by atoms with Gasteiger partial charge in [-0.3, -0.25) is 14.7 Å². The molecule has 1 aliphatic rings. The lowest BCUT2D eigenvalue weighted by atomic mass is 10.1. The van der Waals surface area contributed by atoms with Crippen LogP contribution in [0.25, 0.3) is 5.69 Å². The fourth-order valence-corrected chi connectivity index (χ4v) is 5.61. The first-order chi connectivity index (χ1) is 15.0. The molecule has 1 fully saturated rings. The maximum atomic E-state index is 12.6. The summed E-state index contributed by atoms with van der Waals surface area (Å²) in [5.74, 6) is 1.15. The van der Waals surface area contributed by atoms with Crippen molar-refractivity contribution in [2.45, 2.75) is 60.0 Å². The van der Waals surface area contributed by atoms with Crippen molar-refractivity contribution in [1.82, 2.24) is 19.5 Å². The van der Waals surface area contributed by atoms with Crippen molar-refractivity contribution in [3.8, 4) is 5.69 Å². The number of nitrogens with zero attached hydrogens (tertiary/aromatic N) is 4. The summed E-state index contributed by atoms with van der Waals surface area (Å²) in [7, 11) is -3.91. The minimum atomic E-state index is -3.91. The van der Waals surface area contributed by atoms with Crippen LogP contribution in [0.15, 0.2) is 63.5 Å². The highest BCUT2D eigenvalue weighted by Crippen LogP contribution is 2.43. The van der Waals surface area contributed by atoms with E-state index in [0.29, 0.717) is 11.1 Å². The van der Waals surface area contributed by atoms with Gasteiger partial charge in [0, 0.05) is 23.2 Å². The summed E-state index contributed by atoms with van der Waals surface area (Å²) in [4.78, 5) is 11.3. The quantitative estimate of drug-likeness (QED) is 0.402. The van der Waals surface area contributed by atoms with Crippen LogP contribution in [0, 0.1) is 10.1 Å². The Bertz CT molecular complexity index is 1260. The minimum Gasteiger partial charge on any atom is -0.274 e. The lowest BCUT2D eigenvalue weighted by molar-refractivity contribution is -0.388. The SMILES string of the molecule is CC(C)(C)NS(=O)(=O)c1ccc(Sc2nnc(C3CC3)n2-c2ccccc2)c([N+](=O)[O-])c1. The zero-order chi connectivity index (χ0) is 23.1. The van der Waals surface area contributed by atoms with Crippen LogP contribution >= 0.6 is 11.8 Å². The predicted molar refractivity (Wildman–Crippen MR) is 121 cm³/mol. The van der Waals surface area contributed by atoms with Gasteiger partial charge >= 0.3 is 0 Å². The van der Waals surface area contributed by atoms with Crippen molar-refractivity contribution in [3.05, 3.63) is 64.5 Å². The van der Waals surface area contributed by atoms with Crippen LogP contribution in [-0.2, 0) is 10.0 Å². The van der Waals surface area contributed by atoms with Gasteiger partial charge in [0.25, 0.3) is 5.69 Å². The van der Waals surface area contributed by atoms with Gasteiger partial charge in [-0.25, -0.2) is 13.1 Å². The molecule has 3 aromatic rings. The Morgan fingerprint density at radius 3 is 2.41 bits per heavy atom. The zero-order valence-electron chi connectivity index (χ0n) is 17.8. The Hall–Kier alpha value is -2.76. The topological polar surface area (TPSA) is 120 Å². The first kappa shape index (κ1) is 22.4. The van der Waals surface area contributed by atoms with E-state index in [1.165, 1.54) is 12.1 Å². The maximum absolute atomic E-state index is 12.6. The zero-order valence-corrected chi connectivity index (χ0v) is 19.5. The van der Waals surface area contributed by atoms with E-state index in [9.17, 15) is 18.5 Å². The number of hydrogen-bond acceptors (Lipinski definition) is 7. The average Bonchev–Trinajstić information content (AvgIpc) is 3.47. The van der Waals surface area contributed by atoms with Crippen LogP contribution in [-0.4, -0.2) is 33.6 Å². The number of sulfonamides is 1. The summed E-state index contributed by atoms with van der Waals surface area (Å²) in [5.41, 5.74) is -0.146. The molecule has 1 aromatic heterocycles. The lowest BCUT2D eigenvalue weighted by Gasteiger charge is -2.20. The molecule has 0 aliphatic heterocycles. The van der Waals surface area contributed by atoms with Crippen LogP contribution in [0.1, 0.15) is 45.4 Å². The van der Waals surface area contributed by atoms with Gasteiger partial charge in [0.05, 0.1) is 14.7 Å². The molecule has 1 saturated carbocycles. The molecule has 9 nitrogen and oxygen atoms in total. The van der Waals surface area contributed by atoms with Gasteiger partial charge in [0.2, 0.25) is 15.2 Å². The number of nitro groups is 1. The standard InChI is InChI=1S/C21H23N5O4S2/c1-21(2,3)24-32(29,30)16-11-12-18(17(13-16)26(27)28)31-20-23-22-19(14-9-10-14)25(20)15-7-5-4-6-8-15/h4-8,11-14,24H,9-10H2,1-3H3. The van der Waals surface area contributed by atoms with Gasteiger partial charge in [0.15, 0.2) is 0 Å². The van der Waals surface area contributed by atoms with Crippen molar-refractivity contribution in [2.75, 3.05) is 0 Å². The fourth-order valence-electron chi connectivity index (χ4n) is 3.23. The molecule has 2 aromatic carbocycles. The van der Waals surface area contributed by atoms with Crippen LogP contribution in [0.2, 0.25) is 0 Å². The van der Waals surface area contributed by atoms with E-state index in [0.717, 1.165) is 42.2 Å². The molecule has 0 saturated heterocycles. The summed E-state index contributed by atoms with van der Waals surface area (Å²) in [6.07, 6.45) is 2.06. The van der Waals surface area contributed by atoms with Crippen molar-refractivity contribution >= 4 is 27.5 Å². The summed E-state index contributed by atoms with van der Waals surface area (Å²) >= 11 is 1.09. The molecule has 168 valence electrons. The van der Waals surface area contributed by atoms with Gasteiger partial charge in [-0.2, -0.15) is 0 Å². The van der Waals surface area contributed by atoms with Gasteiger partial charge in [-0.15, -0.1) is 10.2 Å². The van der Waals surface area contributed by atoms with E-state index in [1.807, 2.05) is 34.9 Å². The van der Waals surface area contributed by atoms with E-state index in [4.69, 9.17) is 0 Å². The van der Waals surface area contributed by atoms with E-state index >= 15 is 0 Å². The van der Waals surface area contributed by atoms with Crippen molar-refractivity contribution in [2.24, 2.45) is 0 Å². The molecular weight excluding hydrogens is 450 g/mol. The highest BCUT2D eigenvalue weighted by Gasteiger charge is 2.32. The Morgan fingerprint density at radius 1 is 1.12 bits per heavy atom. The molecule has 1 heterocycles. The number of nitro benzene ring substituents is 1. The molecule has 1 N–H and O–H groups in total. The van der Waals surface area contributed by atoms with Gasteiger partial charge < -0.3 is 0 Å². The second-order valence-electron chi connectivity index (χ2n) is 8.63. The van der Waals surface area contributed by atoms with Gasteiger partial charge in [-0.1, -0.05) is 18.2 Å².